The van der Waals surface area contributed by atoms with Crippen LogP contribution in [0.2, 0.25) is 0 Å². The molecule has 0 aromatic rings. The third kappa shape index (κ3) is 4.12. The van der Waals surface area contributed by atoms with Gasteiger partial charge in [0.15, 0.2) is 0 Å². The molecule has 0 aliphatic carbocycles. The van der Waals surface area contributed by atoms with Gasteiger partial charge in [-0.3, -0.25) is 4.90 Å². The molecule has 3 atom stereocenters. The summed E-state index contributed by atoms with van der Waals surface area (Å²) >= 11 is 0. The van der Waals surface area contributed by atoms with Crippen molar-refractivity contribution in [1.29, 1.82) is 0 Å². The molecular weight excluding hydrogens is 184 g/mol. The Balaban J connectivity index is 2.37. The Kier molecular flexibility index (Phi) is 4.19. The molecular formula is C13H28N2. The first-order chi connectivity index (χ1) is 6.79. The zero-order valence-electron chi connectivity index (χ0n) is 11.3. The number of nitrogens with zero attached hydrogens (tertiary/aromatic N) is 1. The highest BCUT2D eigenvalue weighted by atomic mass is 15.2. The van der Waals surface area contributed by atoms with Gasteiger partial charge in [-0.05, 0) is 47.0 Å². The van der Waals surface area contributed by atoms with E-state index in [0.717, 1.165) is 18.5 Å². The Morgan fingerprint density at radius 2 is 1.93 bits per heavy atom. The van der Waals surface area contributed by atoms with E-state index in [1.807, 2.05) is 0 Å². The molecule has 0 radical (unpaired) electrons. The van der Waals surface area contributed by atoms with Crippen LogP contribution in [0.4, 0.5) is 0 Å². The summed E-state index contributed by atoms with van der Waals surface area (Å²) in [5.74, 6) is 0.872. The van der Waals surface area contributed by atoms with Crippen molar-refractivity contribution in [2.75, 3.05) is 13.1 Å². The van der Waals surface area contributed by atoms with Gasteiger partial charge in [-0.1, -0.05) is 6.92 Å². The normalized spacial score (nSPS) is 30.8. The molecule has 1 fully saturated rings. The van der Waals surface area contributed by atoms with Crippen molar-refractivity contribution >= 4 is 0 Å². The highest BCUT2D eigenvalue weighted by Crippen LogP contribution is 2.24. The van der Waals surface area contributed by atoms with Crippen molar-refractivity contribution < 1.29 is 0 Å². The van der Waals surface area contributed by atoms with Gasteiger partial charge in [-0.2, -0.15) is 0 Å². The van der Waals surface area contributed by atoms with Crippen LogP contribution in [0.5, 0.6) is 0 Å². The molecule has 1 heterocycles. The van der Waals surface area contributed by atoms with Crippen molar-refractivity contribution in [1.82, 2.24) is 10.2 Å². The second-order valence-corrected chi connectivity index (χ2v) is 6.37. The molecule has 0 saturated carbocycles. The van der Waals surface area contributed by atoms with Gasteiger partial charge in [0.05, 0.1) is 0 Å². The number of nitrogens with one attached hydrogen (secondary N) is 1. The van der Waals surface area contributed by atoms with Gasteiger partial charge in [0.2, 0.25) is 0 Å². The van der Waals surface area contributed by atoms with E-state index in [4.69, 9.17) is 0 Å². The van der Waals surface area contributed by atoms with E-state index in [1.165, 1.54) is 13.0 Å². The van der Waals surface area contributed by atoms with Crippen LogP contribution < -0.4 is 5.32 Å². The second kappa shape index (κ2) is 4.84. The smallest absolute Gasteiger partial charge is 0.0195 e. The fourth-order valence-electron chi connectivity index (χ4n) is 2.52. The molecule has 1 rings (SSSR count). The van der Waals surface area contributed by atoms with Crippen LogP contribution in [0.15, 0.2) is 0 Å². The Hall–Kier alpha value is -0.0800. The van der Waals surface area contributed by atoms with E-state index in [0.29, 0.717) is 6.04 Å². The number of hydrogen-bond acceptors (Lipinski definition) is 2. The summed E-state index contributed by atoms with van der Waals surface area (Å²) in [5, 5.41) is 3.59. The lowest BCUT2D eigenvalue weighted by Crippen LogP contribution is -2.47. The van der Waals surface area contributed by atoms with Gasteiger partial charge in [-0.25, -0.2) is 0 Å². The first-order valence-electron chi connectivity index (χ1n) is 6.30. The summed E-state index contributed by atoms with van der Waals surface area (Å²) in [6, 6.07) is 1.42. The molecule has 1 aliphatic rings. The summed E-state index contributed by atoms with van der Waals surface area (Å²) in [5.41, 5.74) is 0.239. The minimum absolute atomic E-state index is 0.239. The maximum atomic E-state index is 3.59. The third-order valence-corrected chi connectivity index (χ3v) is 3.33. The summed E-state index contributed by atoms with van der Waals surface area (Å²) in [6.45, 7) is 16.1. The second-order valence-electron chi connectivity index (χ2n) is 6.37. The van der Waals surface area contributed by atoms with Gasteiger partial charge < -0.3 is 5.32 Å². The quantitative estimate of drug-likeness (QED) is 0.773. The van der Waals surface area contributed by atoms with Gasteiger partial charge in [0.1, 0.15) is 0 Å². The molecule has 90 valence electrons. The monoisotopic (exact) mass is 212 g/mol. The van der Waals surface area contributed by atoms with Crippen molar-refractivity contribution in [3.63, 3.8) is 0 Å². The highest BCUT2D eigenvalue weighted by Gasteiger charge is 2.29. The van der Waals surface area contributed by atoms with Crippen LogP contribution in [0.3, 0.4) is 0 Å². The van der Waals surface area contributed by atoms with E-state index in [9.17, 15) is 0 Å². The molecule has 1 N–H and O–H groups in total. The van der Waals surface area contributed by atoms with Crippen LogP contribution in [0.1, 0.15) is 48.0 Å². The van der Waals surface area contributed by atoms with Crippen molar-refractivity contribution in [3.8, 4) is 0 Å². The summed E-state index contributed by atoms with van der Waals surface area (Å²) < 4.78 is 0. The minimum Gasteiger partial charge on any atom is -0.311 e. The molecule has 2 heteroatoms. The predicted octanol–water partition coefficient (Wildman–Crippen LogP) is 2.49. The Morgan fingerprint density at radius 3 is 2.33 bits per heavy atom. The standard InChI is InChI=1S/C13H28N2/c1-10-7-11(2)15(9-10)12(3)8-14-13(4,5)6/h10-12,14H,7-9H2,1-6H3. The molecule has 2 nitrogen and oxygen atoms in total. The van der Waals surface area contributed by atoms with E-state index >= 15 is 0 Å². The average molecular weight is 212 g/mol. The number of likely N-dealkylation sites (tertiary alicyclic amines) is 1. The van der Waals surface area contributed by atoms with E-state index in [1.54, 1.807) is 0 Å². The minimum atomic E-state index is 0.239. The topological polar surface area (TPSA) is 15.3 Å². The van der Waals surface area contributed by atoms with Gasteiger partial charge in [0, 0.05) is 30.7 Å². The largest absolute Gasteiger partial charge is 0.311 e. The lowest BCUT2D eigenvalue weighted by molar-refractivity contribution is 0.186. The van der Waals surface area contributed by atoms with E-state index in [2.05, 4.69) is 51.8 Å². The van der Waals surface area contributed by atoms with Gasteiger partial charge in [-0.15, -0.1) is 0 Å². The van der Waals surface area contributed by atoms with Gasteiger partial charge in [0.25, 0.3) is 0 Å². The first kappa shape index (κ1) is 13.0. The Bertz CT molecular complexity index is 195. The number of rotatable bonds is 3. The van der Waals surface area contributed by atoms with Crippen LogP contribution in [-0.4, -0.2) is 35.6 Å². The maximum Gasteiger partial charge on any atom is 0.0195 e. The fraction of sp³-hybridized carbons (Fsp3) is 1.00. The van der Waals surface area contributed by atoms with E-state index < -0.39 is 0 Å². The van der Waals surface area contributed by atoms with Gasteiger partial charge >= 0.3 is 0 Å². The molecule has 1 saturated heterocycles. The van der Waals surface area contributed by atoms with Crippen LogP contribution in [0.25, 0.3) is 0 Å². The predicted molar refractivity (Wildman–Crippen MR) is 67.2 cm³/mol. The fourth-order valence-corrected chi connectivity index (χ4v) is 2.52. The average Bonchev–Trinajstić information content (AvgIpc) is 2.40. The molecule has 0 aromatic heterocycles. The SMILES string of the molecule is CC1CC(C)N(C(C)CNC(C)(C)C)C1. The first-order valence-corrected chi connectivity index (χ1v) is 6.30. The molecule has 3 unspecified atom stereocenters. The maximum absolute atomic E-state index is 3.59. The zero-order chi connectivity index (χ0) is 11.6. The van der Waals surface area contributed by atoms with Crippen molar-refractivity contribution in [2.45, 2.75) is 65.6 Å². The summed E-state index contributed by atoms with van der Waals surface area (Å²) in [7, 11) is 0. The lowest BCUT2D eigenvalue weighted by atomic mass is 10.1. The molecule has 15 heavy (non-hydrogen) atoms. The molecule has 1 aliphatic heterocycles. The Morgan fingerprint density at radius 1 is 1.33 bits per heavy atom. The van der Waals surface area contributed by atoms with Crippen LogP contribution in [-0.2, 0) is 0 Å². The van der Waals surface area contributed by atoms with Crippen LogP contribution in [0, 0.1) is 5.92 Å². The molecule has 0 amide bonds. The summed E-state index contributed by atoms with van der Waals surface area (Å²) in [4.78, 5) is 2.64. The third-order valence-electron chi connectivity index (χ3n) is 3.33. The molecule has 0 bridgehead atoms. The van der Waals surface area contributed by atoms with Crippen molar-refractivity contribution in [3.05, 3.63) is 0 Å². The molecule has 0 spiro atoms. The van der Waals surface area contributed by atoms with Crippen LogP contribution >= 0.6 is 0 Å². The summed E-state index contributed by atoms with van der Waals surface area (Å²) in [6.07, 6.45) is 1.36. The molecule has 0 aromatic carbocycles. The van der Waals surface area contributed by atoms with Crippen molar-refractivity contribution in [2.24, 2.45) is 5.92 Å². The number of hydrogen-bond donors (Lipinski definition) is 1. The zero-order valence-corrected chi connectivity index (χ0v) is 11.3. The lowest BCUT2D eigenvalue weighted by Gasteiger charge is -2.31. The van der Waals surface area contributed by atoms with E-state index in [-0.39, 0.29) is 5.54 Å². The Labute approximate surface area is 95.4 Å². The highest BCUT2D eigenvalue weighted by molar-refractivity contribution is 4.85.